The molecule has 0 aliphatic carbocycles. The second-order valence-electron chi connectivity index (χ2n) is 7.99. The molecular weight excluding hydrogens is 374 g/mol. The van der Waals surface area contributed by atoms with Crippen LogP contribution < -0.4 is 10.2 Å². The second kappa shape index (κ2) is 9.77. The van der Waals surface area contributed by atoms with Crippen molar-refractivity contribution in [2.45, 2.75) is 51.7 Å². The summed E-state index contributed by atoms with van der Waals surface area (Å²) in [7, 11) is 0. The van der Waals surface area contributed by atoms with E-state index in [9.17, 15) is 4.79 Å². The van der Waals surface area contributed by atoms with E-state index in [-0.39, 0.29) is 11.5 Å². The molecule has 30 heavy (non-hydrogen) atoms. The maximum Gasteiger partial charge on any atom is 0.194 e. The zero-order chi connectivity index (χ0) is 20.8. The van der Waals surface area contributed by atoms with Gasteiger partial charge in [-0.15, -0.1) is 0 Å². The van der Waals surface area contributed by atoms with Gasteiger partial charge in [-0.1, -0.05) is 61.9 Å². The minimum absolute atomic E-state index is 0.00584. The van der Waals surface area contributed by atoms with Gasteiger partial charge in [0.05, 0.1) is 12.7 Å². The molecular formula is C26H29NO3. The third kappa shape index (κ3) is 5.39. The molecule has 4 heteroatoms. The van der Waals surface area contributed by atoms with Crippen molar-refractivity contribution in [1.29, 1.82) is 0 Å². The number of aromatic nitrogens is 1. The number of aromatic amines is 1. The third-order valence-corrected chi connectivity index (χ3v) is 5.58. The number of benzene rings is 2. The van der Waals surface area contributed by atoms with Gasteiger partial charge in [-0.3, -0.25) is 4.79 Å². The zero-order valence-electron chi connectivity index (χ0n) is 17.5. The summed E-state index contributed by atoms with van der Waals surface area (Å²) < 4.78 is 11.8. The van der Waals surface area contributed by atoms with Crippen LogP contribution in [0.15, 0.2) is 65.5 Å². The minimum Gasteiger partial charge on any atom is -0.476 e. The highest BCUT2D eigenvalue weighted by atomic mass is 16.5. The molecule has 2 heterocycles. The average molecular weight is 404 g/mol. The van der Waals surface area contributed by atoms with Crippen LogP contribution in [0, 0.1) is 0 Å². The SMILES string of the molecule is CCCc1ccc(CCc2cc(=O)cc(OCC3Cc4ccccc4CO3)[nH]2)cc1. The molecule has 0 spiro atoms. The maximum atomic E-state index is 12.1. The van der Waals surface area contributed by atoms with Gasteiger partial charge in [0.15, 0.2) is 11.3 Å². The number of hydrogen-bond donors (Lipinski definition) is 1. The Morgan fingerprint density at radius 1 is 0.967 bits per heavy atom. The van der Waals surface area contributed by atoms with Crippen molar-refractivity contribution >= 4 is 0 Å². The number of H-pyrrole nitrogens is 1. The molecule has 1 N–H and O–H groups in total. The number of pyridine rings is 1. The molecule has 1 aromatic heterocycles. The van der Waals surface area contributed by atoms with Crippen LogP contribution in [0.2, 0.25) is 0 Å². The summed E-state index contributed by atoms with van der Waals surface area (Å²) in [5.41, 5.74) is 6.06. The largest absolute Gasteiger partial charge is 0.476 e. The fourth-order valence-electron chi connectivity index (χ4n) is 3.92. The van der Waals surface area contributed by atoms with Crippen LogP contribution in [0.1, 0.15) is 41.3 Å². The number of aryl methyl sites for hydroxylation is 3. The van der Waals surface area contributed by atoms with E-state index in [2.05, 4.69) is 54.4 Å². The fourth-order valence-corrected chi connectivity index (χ4v) is 3.92. The number of ether oxygens (including phenoxy) is 2. The summed E-state index contributed by atoms with van der Waals surface area (Å²) in [6, 6.07) is 20.3. The van der Waals surface area contributed by atoms with Crippen molar-refractivity contribution in [3.8, 4) is 5.88 Å². The van der Waals surface area contributed by atoms with E-state index in [4.69, 9.17) is 9.47 Å². The van der Waals surface area contributed by atoms with Gasteiger partial charge >= 0.3 is 0 Å². The van der Waals surface area contributed by atoms with Crippen molar-refractivity contribution in [1.82, 2.24) is 4.98 Å². The number of hydrogen-bond acceptors (Lipinski definition) is 3. The van der Waals surface area contributed by atoms with Crippen molar-refractivity contribution in [3.05, 3.63) is 98.8 Å². The molecule has 156 valence electrons. The molecule has 0 amide bonds. The van der Waals surface area contributed by atoms with Gasteiger partial charge < -0.3 is 14.5 Å². The van der Waals surface area contributed by atoms with Crippen LogP contribution in [-0.2, 0) is 37.0 Å². The van der Waals surface area contributed by atoms with Crippen molar-refractivity contribution in [3.63, 3.8) is 0 Å². The Labute approximate surface area is 177 Å². The van der Waals surface area contributed by atoms with Crippen LogP contribution in [-0.4, -0.2) is 17.7 Å². The standard InChI is InChI=1S/C26H29NO3/c1-2-5-19-8-10-20(11-9-19)12-13-23-15-24(28)16-26(27-23)30-18-25-14-21-6-3-4-7-22(21)17-29-25/h3-4,6-11,15-16,25H,2,5,12-14,17-18H2,1H3,(H,27,28). The van der Waals surface area contributed by atoms with Crippen LogP contribution in [0.3, 0.4) is 0 Å². The molecule has 0 fully saturated rings. The lowest BCUT2D eigenvalue weighted by molar-refractivity contribution is -0.00155. The third-order valence-electron chi connectivity index (χ3n) is 5.58. The van der Waals surface area contributed by atoms with Gasteiger partial charge in [-0.05, 0) is 41.5 Å². The first-order valence-corrected chi connectivity index (χ1v) is 10.8. The monoisotopic (exact) mass is 403 g/mol. The van der Waals surface area contributed by atoms with E-state index in [1.807, 2.05) is 6.07 Å². The Hall–Kier alpha value is -2.85. The van der Waals surface area contributed by atoms with Gasteiger partial charge in [-0.2, -0.15) is 0 Å². The summed E-state index contributed by atoms with van der Waals surface area (Å²) in [5, 5.41) is 0. The summed E-state index contributed by atoms with van der Waals surface area (Å²) in [6.07, 6.45) is 4.75. The Balaban J connectivity index is 1.33. The van der Waals surface area contributed by atoms with E-state index < -0.39 is 0 Å². The van der Waals surface area contributed by atoms with E-state index in [1.165, 1.54) is 28.3 Å². The topological polar surface area (TPSA) is 51.3 Å². The fraction of sp³-hybridized carbons (Fsp3) is 0.346. The normalized spacial score (nSPS) is 15.6. The molecule has 4 nitrogen and oxygen atoms in total. The number of nitrogens with one attached hydrogen (secondary N) is 1. The minimum atomic E-state index is -0.0352. The van der Waals surface area contributed by atoms with E-state index in [1.54, 1.807) is 6.07 Å². The van der Waals surface area contributed by atoms with E-state index in [0.717, 1.165) is 37.8 Å². The molecule has 2 aromatic carbocycles. The highest BCUT2D eigenvalue weighted by Crippen LogP contribution is 2.21. The van der Waals surface area contributed by atoms with Gasteiger partial charge in [0.1, 0.15) is 6.61 Å². The Kier molecular flexibility index (Phi) is 6.65. The van der Waals surface area contributed by atoms with Gasteiger partial charge in [0.2, 0.25) is 0 Å². The molecule has 0 bridgehead atoms. The van der Waals surface area contributed by atoms with Crippen LogP contribution in [0.25, 0.3) is 0 Å². The maximum absolute atomic E-state index is 12.1. The Morgan fingerprint density at radius 3 is 2.47 bits per heavy atom. The van der Waals surface area contributed by atoms with Gasteiger partial charge in [-0.25, -0.2) is 0 Å². The summed E-state index contributed by atoms with van der Waals surface area (Å²) in [5.74, 6) is 0.512. The smallest absolute Gasteiger partial charge is 0.194 e. The zero-order valence-corrected chi connectivity index (χ0v) is 17.5. The predicted molar refractivity (Wildman–Crippen MR) is 119 cm³/mol. The first-order valence-electron chi connectivity index (χ1n) is 10.8. The van der Waals surface area contributed by atoms with Crippen molar-refractivity contribution < 1.29 is 9.47 Å². The van der Waals surface area contributed by atoms with E-state index in [0.29, 0.717) is 19.1 Å². The summed E-state index contributed by atoms with van der Waals surface area (Å²) in [4.78, 5) is 15.4. The Bertz CT molecular complexity index is 1020. The van der Waals surface area contributed by atoms with Crippen LogP contribution >= 0.6 is 0 Å². The van der Waals surface area contributed by atoms with E-state index >= 15 is 0 Å². The highest BCUT2D eigenvalue weighted by Gasteiger charge is 2.19. The summed E-state index contributed by atoms with van der Waals surface area (Å²) >= 11 is 0. The van der Waals surface area contributed by atoms with Crippen molar-refractivity contribution in [2.75, 3.05) is 6.61 Å². The number of fused-ring (bicyclic) bond motifs is 1. The second-order valence-corrected chi connectivity index (χ2v) is 7.99. The first kappa shape index (κ1) is 20.4. The van der Waals surface area contributed by atoms with Gasteiger partial charge in [0.25, 0.3) is 0 Å². The van der Waals surface area contributed by atoms with Crippen LogP contribution in [0.4, 0.5) is 0 Å². The molecule has 4 rings (SSSR count). The molecule has 1 atom stereocenters. The lowest BCUT2D eigenvalue weighted by atomic mass is 10.00. The average Bonchev–Trinajstić information content (AvgIpc) is 2.77. The first-order chi connectivity index (χ1) is 14.7. The van der Waals surface area contributed by atoms with Crippen molar-refractivity contribution in [2.24, 2.45) is 0 Å². The molecule has 1 aliphatic rings. The summed E-state index contributed by atoms with van der Waals surface area (Å²) in [6.45, 7) is 3.23. The molecule has 3 aromatic rings. The highest BCUT2D eigenvalue weighted by molar-refractivity contribution is 5.29. The quantitative estimate of drug-likeness (QED) is 0.596. The molecule has 1 aliphatic heterocycles. The predicted octanol–water partition coefficient (Wildman–Crippen LogP) is 4.63. The molecule has 0 radical (unpaired) electrons. The van der Waals surface area contributed by atoms with Crippen LogP contribution in [0.5, 0.6) is 5.88 Å². The lowest BCUT2D eigenvalue weighted by Crippen LogP contribution is -2.28. The lowest BCUT2D eigenvalue weighted by Gasteiger charge is -2.25. The number of rotatable bonds is 8. The molecule has 1 unspecified atom stereocenters. The van der Waals surface area contributed by atoms with Gasteiger partial charge in [0, 0.05) is 24.2 Å². The molecule has 0 saturated carbocycles. The molecule has 0 saturated heterocycles. The Morgan fingerprint density at radius 2 is 1.70 bits per heavy atom.